The summed E-state index contributed by atoms with van der Waals surface area (Å²) in [6.45, 7) is 2.53. The van der Waals surface area contributed by atoms with E-state index in [9.17, 15) is 4.79 Å². The number of likely N-dealkylation sites (tertiary alicyclic amines) is 1. The number of aromatic nitrogens is 2. The van der Waals surface area contributed by atoms with Gasteiger partial charge in [0, 0.05) is 38.9 Å². The van der Waals surface area contributed by atoms with Gasteiger partial charge in [0.25, 0.3) is 0 Å². The van der Waals surface area contributed by atoms with E-state index < -0.39 is 0 Å². The van der Waals surface area contributed by atoms with Crippen LogP contribution in [0, 0.1) is 5.92 Å². The number of carbonyl (C=O) groups excluding carboxylic acids is 1. The van der Waals surface area contributed by atoms with Crippen LogP contribution in [0.25, 0.3) is 0 Å². The summed E-state index contributed by atoms with van der Waals surface area (Å²) < 4.78 is 7.07. The second-order valence-electron chi connectivity index (χ2n) is 6.75. The van der Waals surface area contributed by atoms with Gasteiger partial charge >= 0.3 is 6.03 Å². The molecule has 2 amide bonds. The van der Waals surface area contributed by atoms with Crippen LogP contribution in [-0.4, -0.2) is 47.0 Å². The van der Waals surface area contributed by atoms with Crippen LogP contribution in [0.15, 0.2) is 12.3 Å². The third kappa shape index (κ3) is 4.47. The smallest absolute Gasteiger partial charge is 0.323 e. The van der Waals surface area contributed by atoms with Crippen LogP contribution < -0.4 is 5.32 Å². The summed E-state index contributed by atoms with van der Waals surface area (Å²) in [4.78, 5) is 14.7. The molecule has 1 aliphatic carbocycles. The van der Waals surface area contributed by atoms with Crippen molar-refractivity contribution in [3.63, 3.8) is 0 Å². The van der Waals surface area contributed by atoms with E-state index in [0.717, 1.165) is 57.1 Å². The second-order valence-corrected chi connectivity index (χ2v) is 6.75. The molecule has 0 unspecified atom stereocenters. The van der Waals surface area contributed by atoms with Crippen LogP contribution in [0.3, 0.4) is 0 Å². The normalized spacial score (nSPS) is 21.4. The Hall–Kier alpha value is -1.56. The molecule has 1 saturated carbocycles. The Labute approximate surface area is 138 Å². The van der Waals surface area contributed by atoms with Gasteiger partial charge in [0.1, 0.15) is 5.82 Å². The Balaban J connectivity index is 1.57. The number of ether oxygens (including phenoxy) is 1. The highest BCUT2D eigenvalue weighted by Crippen LogP contribution is 2.31. The first-order valence-electron chi connectivity index (χ1n) is 8.86. The maximum atomic E-state index is 12.7. The van der Waals surface area contributed by atoms with E-state index in [1.54, 1.807) is 13.3 Å². The molecule has 0 spiro atoms. The number of amides is 2. The quantitative estimate of drug-likeness (QED) is 0.785. The van der Waals surface area contributed by atoms with Crippen molar-refractivity contribution in [1.82, 2.24) is 14.7 Å². The molecule has 0 bridgehead atoms. The monoisotopic (exact) mass is 320 g/mol. The van der Waals surface area contributed by atoms with Crippen LogP contribution in [0.5, 0.6) is 0 Å². The number of carbonyl (C=O) groups is 1. The second kappa shape index (κ2) is 7.81. The van der Waals surface area contributed by atoms with Gasteiger partial charge in [-0.2, -0.15) is 5.10 Å². The van der Waals surface area contributed by atoms with E-state index in [0.29, 0.717) is 6.04 Å². The number of piperidine rings is 1. The topological polar surface area (TPSA) is 59.4 Å². The predicted molar refractivity (Wildman–Crippen MR) is 89.4 cm³/mol. The van der Waals surface area contributed by atoms with Crippen LogP contribution >= 0.6 is 0 Å². The van der Waals surface area contributed by atoms with Gasteiger partial charge in [-0.25, -0.2) is 9.48 Å². The van der Waals surface area contributed by atoms with Gasteiger partial charge in [-0.3, -0.25) is 5.32 Å². The predicted octanol–water partition coefficient (Wildman–Crippen LogP) is 3.11. The van der Waals surface area contributed by atoms with Gasteiger partial charge < -0.3 is 9.64 Å². The number of urea groups is 1. The molecule has 2 aliphatic rings. The molecule has 6 nitrogen and oxygen atoms in total. The van der Waals surface area contributed by atoms with Crippen molar-refractivity contribution in [2.75, 3.05) is 25.6 Å². The molecule has 2 fully saturated rings. The molecule has 3 rings (SSSR count). The molecule has 1 N–H and O–H groups in total. The van der Waals surface area contributed by atoms with Gasteiger partial charge in [-0.1, -0.05) is 0 Å². The first-order valence-corrected chi connectivity index (χ1v) is 8.86. The fourth-order valence-corrected chi connectivity index (χ4v) is 3.34. The Morgan fingerprint density at radius 2 is 2.26 bits per heavy atom. The fraction of sp³-hybridized carbons (Fsp3) is 0.765. The number of hydrogen-bond acceptors (Lipinski definition) is 3. The van der Waals surface area contributed by atoms with E-state index >= 15 is 0 Å². The average Bonchev–Trinajstić information content (AvgIpc) is 3.28. The number of hydrogen-bond donors (Lipinski definition) is 1. The molecule has 0 radical (unpaired) electrons. The summed E-state index contributed by atoms with van der Waals surface area (Å²) in [5.41, 5.74) is 0. The van der Waals surface area contributed by atoms with Crippen molar-refractivity contribution >= 4 is 11.8 Å². The number of methoxy groups -OCH3 is 1. The number of nitrogens with zero attached hydrogens (tertiary/aromatic N) is 3. The first-order chi connectivity index (χ1) is 11.3. The maximum Gasteiger partial charge on any atom is 0.323 e. The summed E-state index contributed by atoms with van der Waals surface area (Å²) in [7, 11) is 1.73. The van der Waals surface area contributed by atoms with Crippen molar-refractivity contribution in [2.24, 2.45) is 5.92 Å². The van der Waals surface area contributed by atoms with Gasteiger partial charge in [-0.05, 0) is 50.9 Å². The summed E-state index contributed by atoms with van der Waals surface area (Å²) >= 11 is 0. The van der Waals surface area contributed by atoms with Crippen molar-refractivity contribution in [2.45, 2.75) is 57.5 Å². The molecular weight excluding hydrogens is 292 g/mol. The van der Waals surface area contributed by atoms with Gasteiger partial charge in [0.15, 0.2) is 0 Å². The van der Waals surface area contributed by atoms with E-state index in [2.05, 4.69) is 10.4 Å². The molecule has 1 aromatic heterocycles. The first kappa shape index (κ1) is 16.3. The largest absolute Gasteiger partial charge is 0.385 e. The Kier molecular flexibility index (Phi) is 5.54. The highest BCUT2D eigenvalue weighted by atomic mass is 16.5. The zero-order valence-corrected chi connectivity index (χ0v) is 14.0. The van der Waals surface area contributed by atoms with Crippen molar-refractivity contribution in [3.05, 3.63) is 12.3 Å². The fourth-order valence-electron chi connectivity index (χ4n) is 3.34. The lowest BCUT2D eigenvalue weighted by molar-refractivity contribution is 0.141. The maximum absolute atomic E-state index is 12.7. The third-order valence-corrected chi connectivity index (χ3v) is 4.85. The number of nitrogens with one attached hydrogen (secondary N) is 1. The van der Waals surface area contributed by atoms with E-state index in [-0.39, 0.29) is 6.03 Å². The molecule has 1 aliphatic heterocycles. The van der Waals surface area contributed by atoms with Crippen molar-refractivity contribution < 1.29 is 9.53 Å². The Morgan fingerprint density at radius 3 is 3.04 bits per heavy atom. The number of anilines is 1. The van der Waals surface area contributed by atoms with Gasteiger partial charge in [0.2, 0.25) is 0 Å². The Morgan fingerprint density at radius 1 is 1.39 bits per heavy atom. The van der Waals surface area contributed by atoms with Crippen LogP contribution in [-0.2, 0) is 11.3 Å². The summed E-state index contributed by atoms with van der Waals surface area (Å²) in [5, 5.41) is 7.41. The highest BCUT2D eigenvalue weighted by molar-refractivity contribution is 5.88. The summed E-state index contributed by atoms with van der Waals surface area (Å²) in [6, 6.07) is 2.24. The molecule has 2 heterocycles. The van der Waals surface area contributed by atoms with Crippen LogP contribution in [0.2, 0.25) is 0 Å². The van der Waals surface area contributed by atoms with Crippen LogP contribution in [0.1, 0.15) is 44.9 Å². The van der Waals surface area contributed by atoms with Gasteiger partial charge in [-0.15, -0.1) is 0 Å². The highest BCUT2D eigenvalue weighted by Gasteiger charge is 2.28. The molecular formula is C17H28N4O2. The molecule has 1 atom stereocenters. The van der Waals surface area contributed by atoms with Gasteiger partial charge in [0.05, 0.1) is 6.20 Å². The minimum Gasteiger partial charge on any atom is -0.385 e. The molecule has 1 aromatic rings. The van der Waals surface area contributed by atoms with E-state index in [1.165, 1.54) is 19.3 Å². The van der Waals surface area contributed by atoms with E-state index in [4.69, 9.17) is 4.74 Å². The summed E-state index contributed by atoms with van der Waals surface area (Å²) in [5.74, 6) is 1.56. The zero-order valence-electron chi connectivity index (χ0n) is 14.0. The lowest BCUT2D eigenvalue weighted by atomic mass is 9.98. The minimum atomic E-state index is 0.0182. The lowest BCUT2D eigenvalue weighted by Crippen LogP contribution is -2.46. The van der Waals surface area contributed by atoms with Crippen molar-refractivity contribution in [1.29, 1.82) is 0 Å². The number of rotatable bonds is 7. The zero-order chi connectivity index (χ0) is 16.1. The minimum absolute atomic E-state index is 0.0182. The molecule has 128 valence electrons. The Bertz CT molecular complexity index is 512. The van der Waals surface area contributed by atoms with Crippen molar-refractivity contribution in [3.8, 4) is 0 Å². The van der Waals surface area contributed by atoms with Crippen LogP contribution in [0.4, 0.5) is 10.6 Å². The SMILES string of the molecule is COCCC[C@H]1CCCCN1C(=O)Nc1ccnn1CC1CC1. The summed E-state index contributed by atoms with van der Waals surface area (Å²) in [6.07, 6.45) is 9.74. The standard InChI is InChI=1S/C17H28N4O2/c1-23-12-4-6-15-5-2-3-11-20(15)17(22)19-16-9-10-18-21(16)13-14-7-8-14/h9-10,14-15H,2-8,11-13H2,1H3,(H,19,22)/t15-/m1/s1. The molecule has 0 aromatic carbocycles. The molecule has 1 saturated heterocycles. The average molecular weight is 320 g/mol. The lowest BCUT2D eigenvalue weighted by Gasteiger charge is -2.35. The third-order valence-electron chi connectivity index (χ3n) is 4.85. The van der Waals surface area contributed by atoms with E-state index in [1.807, 2.05) is 15.6 Å². The molecule has 23 heavy (non-hydrogen) atoms. The molecule has 6 heteroatoms.